The SMILES string of the molecule is Cc1ccccc1-n1c(Cn2nc(-c3ccc4ncnc(N)c4c3)c3c(N)ncnc32)cc2cccc(C)c2c1=O. The molecule has 0 amide bonds. The minimum Gasteiger partial charge on any atom is -0.383 e. The van der Waals surface area contributed by atoms with E-state index in [0.717, 1.165) is 39.0 Å². The Labute approximate surface area is 233 Å². The molecule has 3 aromatic carbocycles. The number of hydrogen-bond donors (Lipinski definition) is 2. The molecule has 10 heteroatoms. The second kappa shape index (κ2) is 9.23. The van der Waals surface area contributed by atoms with Crippen LogP contribution in [0.25, 0.3) is 49.7 Å². The van der Waals surface area contributed by atoms with Gasteiger partial charge in [0.2, 0.25) is 0 Å². The van der Waals surface area contributed by atoms with Gasteiger partial charge in [-0.05, 0) is 54.6 Å². The number of nitrogens with zero attached hydrogens (tertiary/aromatic N) is 7. The first-order chi connectivity index (χ1) is 19.9. The van der Waals surface area contributed by atoms with Crippen LogP contribution in [-0.4, -0.2) is 34.3 Å². The van der Waals surface area contributed by atoms with Gasteiger partial charge >= 0.3 is 0 Å². The normalized spacial score (nSPS) is 11.6. The maximum atomic E-state index is 14.1. The highest BCUT2D eigenvalue weighted by Gasteiger charge is 2.21. The lowest BCUT2D eigenvalue weighted by Crippen LogP contribution is -2.25. The van der Waals surface area contributed by atoms with Gasteiger partial charge in [-0.3, -0.25) is 9.36 Å². The third-order valence-corrected chi connectivity index (χ3v) is 7.50. The Morgan fingerprint density at radius 1 is 0.780 bits per heavy atom. The molecule has 0 unspecified atom stereocenters. The Bertz CT molecular complexity index is 2210. The molecule has 0 aliphatic heterocycles. The summed E-state index contributed by atoms with van der Waals surface area (Å²) in [5, 5.41) is 7.85. The van der Waals surface area contributed by atoms with E-state index in [1.54, 1.807) is 9.25 Å². The molecule has 0 radical (unpaired) electrons. The first-order valence-corrected chi connectivity index (χ1v) is 13.1. The van der Waals surface area contributed by atoms with Crippen molar-refractivity contribution >= 4 is 44.3 Å². The molecule has 0 aliphatic rings. The number of aromatic nitrogens is 7. The fourth-order valence-electron chi connectivity index (χ4n) is 5.50. The van der Waals surface area contributed by atoms with Crippen LogP contribution in [0.3, 0.4) is 0 Å². The molecule has 4 aromatic heterocycles. The van der Waals surface area contributed by atoms with Crippen molar-refractivity contribution in [2.75, 3.05) is 11.5 Å². The first kappa shape index (κ1) is 24.4. The van der Waals surface area contributed by atoms with E-state index in [-0.39, 0.29) is 12.1 Å². The summed E-state index contributed by atoms with van der Waals surface area (Å²) in [4.78, 5) is 31.3. The minimum absolute atomic E-state index is 0.0827. The molecule has 41 heavy (non-hydrogen) atoms. The van der Waals surface area contributed by atoms with Gasteiger partial charge in [0.25, 0.3) is 5.56 Å². The number of nitrogens with two attached hydrogens (primary N) is 2. The van der Waals surface area contributed by atoms with Gasteiger partial charge in [-0.2, -0.15) is 5.10 Å². The highest BCUT2D eigenvalue weighted by molar-refractivity contribution is 6.01. The maximum Gasteiger partial charge on any atom is 0.263 e. The fourth-order valence-corrected chi connectivity index (χ4v) is 5.50. The van der Waals surface area contributed by atoms with Crippen LogP contribution >= 0.6 is 0 Å². The lowest BCUT2D eigenvalue weighted by molar-refractivity contribution is 0.671. The Hall–Kier alpha value is -5.64. The third kappa shape index (κ3) is 3.88. The van der Waals surface area contributed by atoms with E-state index in [0.29, 0.717) is 39.1 Å². The Balaban J connectivity index is 1.48. The molecular formula is C31H25N9O. The van der Waals surface area contributed by atoms with E-state index in [9.17, 15) is 4.79 Å². The largest absolute Gasteiger partial charge is 0.383 e. The molecule has 10 nitrogen and oxygen atoms in total. The van der Waals surface area contributed by atoms with Gasteiger partial charge in [0.15, 0.2) is 5.65 Å². The molecule has 0 aliphatic carbocycles. The molecule has 4 N–H and O–H groups in total. The smallest absolute Gasteiger partial charge is 0.263 e. The molecule has 0 spiro atoms. The summed E-state index contributed by atoms with van der Waals surface area (Å²) in [7, 11) is 0. The molecule has 7 rings (SSSR count). The Morgan fingerprint density at radius 2 is 1.56 bits per heavy atom. The summed E-state index contributed by atoms with van der Waals surface area (Å²) in [6, 6.07) is 21.5. The van der Waals surface area contributed by atoms with Crippen molar-refractivity contribution < 1.29 is 0 Å². The van der Waals surface area contributed by atoms with Crippen molar-refractivity contribution in [1.82, 2.24) is 34.3 Å². The van der Waals surface area contributed by atoms with Gasteiger partial charge in [-0.15, -0.1) is 0 Å². The van der Waals surface area contributed by atoms with E-state index in [2.05, 4.69) is 19.9 Å². The van der Waals surface area contributed by atoms with E-state index >= 15 is 0 Å². The van der Waals surface area contributed by atoms with Crippen molar-refractivity contribution in [3.05, 3.63) is 107 Å². The van der Waals surface area contributed by atoms with Gasteiger partial charge in [0, 0.05) is 16.6 Å². The standard InChI is InChI=1S/C31H25N9O/c1-17-6-3-4-9-24(17)40-21(12-19-8-5-7-18(2)25(19)31(40)41)14-39-30-26(29(33)36-16-37-30)27(38-39)20-10-11-23-22(13-20)28(32)35-15-34-23/h3-13,15-16H,14H2,1-2H3,(H2,32,34,35)(H2,33,36,37). The van der Waals surface area contributed by atoms with Crippen LogP contribution in [-0.2, 0) is 6.54 Å². The number of pyridine rings is 1. The summed E-state index contributed by atoms with van der Waals surface area (Å²) in [6.07, 6.45) is 2.86. The molecule has 200 valence electrons. The predicted molar refractivity (Wildman–Crippen MR) is 161 cm³/mol. The Morgan fingerprint density at radius 3 is 2.41 bits per heavy atom. The van der Waals surface area contributed by atoms with Crippen molar-refractivity contribution in [2.24, 2.45) is 0 Å². The number of nitrogen functional groups attached to an aromatic ring is 2. The predicted octanol–water partition coefficient (Wildman–Crippen LogP) is 4.57. The van der Waals surface area contributed by atoms with Crippen LogP contribution in [0.5, 0.6) is 0 Å². The second-order valence-electron chi connectivity index (χ2n) is 10.1. The van der Waals surface area contributed by atoms with Gasteiger partial charge in [0.05, 0.1) is 28.5 Å². The third-order valence-electron chi connectivity index (χ3n) is 7.50. The average molecular weight is 540 g/mol. The zero-order valence-corrected chi connectivity index (χ0v) is 22.4. The summed E-state index contributed by atoms with van der Waals surface area (Å²) in [5.41, 5.74) is 18.6. The van der Waals surface area contributed by atoms with Crippen LogP contribution < -0.4 is 17.0 Å². The summed E-state index contributed by atoms with van der Waals surface area (Å²) < 4.78 is 3.54. The lowest BCUT2D eigenvalue weighted by Gasteiger charge is -2.17. The number of anilines is 2. The minimum atomic E-state index is -0.0827. The molecular weight excluding hydrogens is 514 g/mol. The van der Waals surface area contributed by atoms with Crippen molar-refractivity contribution in [3.8, 4) is 16.9 Å². The van der Waals surface area contributed by atoms with Crippen LogP contribution in [0, 0.1) is 13.8 Å². The van der Waals surface area contributed by atoms with Crippen molar-refractivity contribution in [3.63, 3.8) is 0 Å². The van der Waals surface area contributed by atoms with Crippen LogP contribution in [0.1, 0.15) is 16.8 Å². The van der Waals surface area contributed by atoms with Gasteiger partial charge in [-0.1, -0.05) is 42.5 Å². The van der Waals surface area contributed by atoms with Gasteiger partial charge < -0.3 is 11.5 Å². The number of fused-ring (bicyclic) bond motifs is 3. The molecule has 0 atom stereocenters. The van der Waals surface area contributed by atoms with E-state index in [4.69, 9.17) is 16.6 Å². The van der Waals surface area contributed by atoms with E-state index < -0.39 is 0 Å². The number of para-hydroxylation sites is 1. The highest BCUT2D eigenvalue weighted by atomic mass is 16.1. The van der Waals surface area contributed by atoms with Crippen LogP contribution in [0.15, 0.2) is 84.2 Å². The molecule has 0 fully saturated rings. The topological polar surface area (TPSA) is 143 Å². The van der Waals surface area contributed by atoms with Gasteiger partial charge in [0.1, 0.15) is 30.0 Å². The summed E-state index contributed by atoms with van der Waals surface area (Å²) in [6.45, 7) is 4.22. The Kier molecular flexibility index (Phi) is 5.49. The quantitative estimate of drug-likeness (QED) is 0.331. The second-order valence-corrected chi connectivity index (χ2v) is 10.1. The first-order valence-electron chi connectivity index (χ1n) is 13.1. The lowest BCUT2D eigenvalue weighted by atomic mass is 10.1. The number of hydrogen-bond acceptors (Lipinski definition) is 8. The maximum absolute atomic E-state index is 14.1. The number of aryl methyl sites for hydroxylation is 2. The van der Waals surface area contributed by atoms with E-state index in [1.165, 1.54) is 12.7 Å². The number of benzene rings is 3. The molecule has 7 aromatic rings. The highest BCUT2D eigenvalue weighted by Crippen LogP contribution is 2.33. The van der Waals surface area contributed by atoms with Crippen molar-refractivity contribution in [1.29, 1.82) is 0 Å². The summed E-state index contributed by atoms with van der Waals surface area (Å²) in [5.74, 6) is 0.678. The zero-order valence-electron chi connectivity index (χ0n) is 22.4. The number of rotatable bonds is 4. The molecule has 0 bridgehead atoms. The molecule has 0 saturated carbocycles. The molecule has 4 heterocycles. The average Bonchev–Trinajstić information content (AvgIpc) is 3.33. The van der Waals surface area contributed by atoms with Crippen molar-refractivity contribution in [2.45, 2.75) is 20.4 Å². The zero-order chi connectivity index (χ0) is 28.2. The summed E-state index contributed by atoms with van der Waals surface area (Å²) >= 11 is 0. The van der Waals surface area contributed by atoms with E-state index in [1.807, 2.05) is 80.6 Å². The van der Waals surface area contributed by atoms with Crippen LogP contribution in [0.4, 0.5) is 11.6 Å². The molecule has 0 saturated heterocycles. The van der Waals surface area contributed by atoms with Gasteiger partial charge in [-0.25, -0.2) is 24.6 Å². The monoisotopic (exact) mass is 539 g/mol. The van der Waals surface area contributed by atoms with Crippen LogP contribution in [0.2, 0.25) is 0 Å². The fraction of sp³-hybridized carbons (Fsp3) is 0.0968.